The lowest BCUT2D eigenvalue weighted by Crippen LogP contribution is -2.06. The summed E-state index contributed by atoms with van der Waals surface area (Å²) in [5, 5.41) is 14.1. The minimum atomic E-state index is -0.949. The van der Waals surface area contributed by atoms with E-state index in [0.717, 1.165) is 61.4 Å². The Morgan fingerprint density at radius 1 is 1.07 bits per heavy atom. The van der Waals surface area contributed by atoms with Crippen LogP contribution in [0.25, 0.3) is 11.1 Å². The highest BCUT2D eigenvalue weighted by Crippen LogP contribution is 2.24. The fourth-order valence-corrected chi connectivity index (χ4v) is 3.28. The number of pyridine rings is 1. The predicted octanol–water partition coefficient (Wildman–Crippen LogP) is 4.77. The van der Waals surface area contributed by atoms with Crippen molar-refractivity contribution < 1.29 is 9.90 Å². The lowest BCUT2D eigenvalue weighted by molar-refractivity contribution is 0.0697. The van der Waals surface area contributed by atoms with Gasteiger partial charge in [0.2, 0.25) is 0 Å². The minimum Gasteiger partial charge on any atom is -0.478 e. The first kappa shape index (κ1) is 20.7. The van der Waals surface area contributed by atoms with Gasteiger partial charge in [-0.05, 0) is 30.0 Å². The number of hydrogen-bond acceptors (Lipinski definition) is 4. The molecule has 0 aliphatic carbocycles. The van der Waals surface area contributed by atoms with E-state index in [4.69, 9.17) is 10.1 Å². The molecule has 1 aromatic carbocycles. The maximum Gasteiger partial charge on any atom is 0.336 e. The molecule has 152 valence electrons. The maximum atomic E-state index is 11.5. The second kappa shape index (κ2) is 9.96. The summed E-state index contributed by atoms with van der Waals surface area (Å²) < 4.78 is 2.05. The summed E-state index contributed by atoms with van der Waals surface area (Å²) in [4.78, 5) is 20.3. The number of benzene rings is 1. The van der Waals surface area contributed by atoms with Crippen LogP contribution in [0, 0.1) is 0 Å². The largest absolute Gasteiger partial charge is 0.478 e. The molecule has 0 aliphatic heterocycles. The van der Waals surface area contributed by atoms with Gasteiger partial charge in [0.25, 0.3) is 0 Å². The number of rotatable bonds is 10. The molecule has 0 spiro atoms. The fourth-order valence-electron chi connectivity index (χ4n) is 3.28. The SMILES string of the molecule is CCCCc1nc(Cc2ccc(-c3cnccc3C(=O)O)cc2)n(CCCC)n1. The van der Waals surface area contributed by atoms with Crippen LogP contribution in [-0.4, -0.2) is 30.8 Å². The Morgan fingerprint density at radius 2 is 1.83 bits per heavy atom. The highest BCUT2D eigenvalue weighted by molar-refractivity contribution is 5.95. The molecule has 0 radical (unpaired) electrons. The highest BCUT2D eigenvalue weighted by Gasteiger charge is 2.13. The standard InChI is InChI=1S/C23H28N4O2/c1-3-5-7-21-25-22(27(26-21)14-6-4-2)15-17-8-10-18(11-9-17)20-16-24-13-12-19(20)23(28)29/h8-13,16H,3-7,14-15H2,1-2H3,(H,28,29). The van der Waals surface area contributed by atoms with Gasteiger partial charge in [0.05, 0.1) is 5.56 Å². The first-order valence-corrected chi connectivity index (χ1v) is 10.3. The monoisotopic (exact) mass is 392 g/mol. The molecule has 0 fully saturated rings. The molecule has 2 heterocycles. The molecule has 0 bridgehead atoms. The highest BCUT2D eigenvalue weighted by atomic mass is 16.4. The molecule has 0 atom stereocenters. The Hall–Kier alpha value is -3.02. The van der Waals surface area contributed by atoms with Crippen molar-refractivity contribution in [3.63, 3.8) is 0 Å². The Labute approximate surface area is 171 Å². The van der Waals surface area contributed by atoms with Crippen molar-refractivity contribution in [1.82, 2.24) is 19.7 Å². The second-order valence-electron chi connectivity index (χ2n) is 7.22. The van der Waals surface area contributed by atoms with Crippen molar-refractivity contribution in [2.75, 3.05) is 0 Å². The maximum absolute atomic E-state index is 11.5. The van der Waals surface area contributed by atoms with Crippen LogP contribution in [0.15, 0.2) is 42.7 Å². The van der Waals surface area contributed by atoms with Gasteiger partial charge < -0.3 is 5.11 Å². The Balaban J connectivity index is 1.81. The zero-order valence-electron chi connectivity index (χ0n) is 17.1. The van der Waals surface area contributed by atoms with Gasteiger partial charge in [-0.1, -0.05) is 51.0 Å². The molecule has 1 N–H and O–H groups in total. The predicted molar refractivity (Wildman–Crippen MR) is 113 cm³/mol. The van der Waals surface area contributed by atoms with Gasteiger partial charge in [-0.2, -0.15) is 5.10 Å². The summed E-state index contributed by atoms with van der Waals surface area (Å²) in [6, 6.07) is 9.48. The number of nitrogens with zero attached hydrogens (tertiary/aromatic N) is 4. The van der Waals surface area contributed by atoms with E-state index >= 15 is 0 Å². The van der Waals surface area contributed by atoms with Gasteiger partial charge in [0.1, 0.15) is 5.82 Å². The van der Waals surface area contributed by atoms with Crippen LogP contribution >= 0.6 is 0 Å². The van der Waals surface area contributed by atoms with Crippen LogP contribution < -0.4 is 0 Å². The van der Waals surface area contributed by atoms with Crippen LogP contribution in [0.4, 0.5) is 0 Å². The van der Waals surface area contributed by atoms with Crippen molar-refractivity contribution in [1.29, 1.82) is 0 Å². The molecule has 2 aromatic heterocycles. The van der Waals surface area contributed by atoms with Crippen LogP contribution in [0.5, 0.6) is 0 Å². The molecule has 0 saturated carbocycles. The van der Waals surface area contributed by atoms with E-state index in [1.54, 1.807) is 6.20 Å². The van der Waals surface area contributed by atoms with Gasteiger partial charge in [-0.25, -0.2) is 14.5 Å². The molecule has 3 rings (SSSR count). The van der Waals surface area contributed by atoms with Crippen molar-refractivity contribution in [2.45, 2.75) is 58.9 Å². The van der Waals surface area contributed by atoms with Gasteiger partial charge in [0, 0.05) is 37.3 Å². The Kier molecular flexibility index (Phi) is 7.11. The number of aromatic carboxylic acids is 1. The molecule has 6 heteroatoms. The third-order valence-electron chi connectivity index (χ3n) is 4.95. The summed E-state index contributed by atoms with van der Waals surface area (Å²) in [6.45, 7) is 5.24. The third-order valence-corrected chi connectivity index (χ3v) is 4.95. The second-order valence-corrected chi connectivity index (χ2v) is 7.22. The van der Waals surface area contributed by atoms with Gasteiger partial charge >= 0.3 is 5.97 Å². The molecule has 0 amide bonds. The zero-order valence-corrected chi connectivity index (χ0v) is 17.1. The summed E-state index contributed by atoms with van der Waals surface area (Å²) in [5.74, 6) is 0.969. The molecule has 6 nitrogen and oxygen atoms in total. The Bertz CT molecular complexity index is 948. The molecule has 29 heavy (non-hydrogen) atoms. The van der Waals surface area contributed by atoms with Crippen LogP contribution in [0.3, 0.4) is 0 Å². The van der Waals surface area contributed by atoms with Gasteiger partial charge in [-0.3, -0.25) is 4.98 Å². The first-order valence-electron chi connectivity index (χ1n) is 10.3. The summed E-state index contributed by atoms with van der Waals surface area (Å²) in [7, 11) is 0. The fraction of sp³-hybridized carbons (Fsp3) is 0.391. The number of aryl methyl sites for hydroxylation is 2. The lowest BCUT2D eigenvalue weighted by atomic mass is 10.00. The molecule has 0 saturated heterocycles. The average Bonchev–Trinajstić information content (AvgIpc) is 3.12. The van der Waals surface area contributed by atoms with E-state index in [9.17, 15) is 9.90 Å². The number of hydrogen-bond donors (Lipinski definition) is 1. The van der Waals surface area contributed by atoms with E-state index in [1.165, 1.54) is 12.3 Å². The van der Waals surface area contributed by atoms with Crippen molar-refractivity contribution in [3.05, 3.63) is 65.5 Å². The zero-order chi connectivity index (χ0) is 20.6. The quantitative estimate of drug-likeness (QED) is 0.537. The van der Waals surface area contributed by atoms with Crippen LogP contribution in [-0.2, 0) is 19.4 Å². The molecule has 0 unspecified atom stereocenters. The molecular formula is C23H28N4O2. The average molecular weight is 393 g/mol. The number of carboxylic acids is 1. The van der Waals surface area contributed by atoms with Gasteiger partial charge in [-0.15, -0.1) is 0 Å². The summed E-state index contributed by atoms with van der Waals surface area (Å²) in [6.07, 6.45) is 9.16. The molecular weight excluding hydrogens is 364 g/mol. The van der Waals surface area contributed by atoms with E-state index in [-0.39, 0.29) is 5.56 Å². The van der Waals surface area contributed by atoms with Crippen molar-refractivity contribution in [2.24, 2.45) is 0 Å². The van der Waals surface area contributed by atoms with E-state index in [2.05, 4.69) is 18.8 Å². The number of carboxylic acid groups (broad SMARTS) is 1. The smallest absolute Gasteiger partial charge is 0.336 e. The molecule has 3 aromatic rings. The Morgan fingerprint density at radius 3 is 2.52 bits per heavy atom. The summed E-state index contributed by atoms with van der Waals surface area (Å²) >= 11 is 0. The normalized spacial score (nSPS) is 11.0. The molecule has 0 aliphatic rings. The minimum absolute atomic E-state index is 0.257. The van der Waals surface area contributed by atoms with E-state index in [0.29, 0.717) is 12.0 Å². The summed E-state index contributed by atoms with van der Waals surface area (Å²) in [5.41, 5.74) is 2.85. The van der Waals surface area contributed by atoms with Crippen molar-refractivity contribution in [3.8, 4) is 11.1 Å². The number of unbranched alkanes of at least 4 members (excludes halogenated alkanes) is 2. The van der Waals surface area contributed by atoms with Crippen molar-refractivity contribution >= 4 is 5.97 Å². The van der Waals surface area contributed by atoms with E-state index < -0.39 is 5.97 Å². The van der Waals surface area contributed by atoms with Gasteiger partial charge in [0.15, 0.2) is 5.82 Å². The first-order chi connectivity index (χ1) is 14.1. The lowest BCUT2D eigenvalue weighted by Gasteiger charge is -2.08. The number of carbonyl (C=O) groups is 1. The topological polar surface area (TPSA) is 80.9 Å². The number of aromatic nitrogens is 4. The van der Waals surface area contributed by atoms with Crippen LogP contribution in [0.2, 0.25) is 0 Å². The van der Waals surface area contributed by atoms with Crippen LogP contribution in [0.1, 0.15) is 67.1 Å². The third kappa shape index (κ3) is 5.28. The van der Waals surface area contributed by atoms with E-state index in [1.807, 2.05) is 28.9 Å².